The van der Waals surface area contributed by atoms with Crippen LogP contribution < -0.4 is 9.47 Å². The Kier molecular flexibility index (Phi) is 7.42. The fourth-order valence-electron chi connectivity index (χ4n) is 5.14. The lowest BCUT2D eigenvalue weighted by molar-refractivity contribution is 0.198. The highest BCUT2D eigenvalue weighted by Gasteiger charge is 2.26. The molecule has 1 fully saturated rings. The first-order valence-corrected chi connectivity index (χ1v) is 12.6. The van der Waals surface area contributed by atoms with Gasteiger partial charge in [-0.3, -0.25) is 9.29 Å². The molecule has 2 heterocycles. The number of ether oxygens (including phenoxy) is 2. The van der Waals surface area contributed by atoms with E-state index in [9.17, 15) is 13.9 Å². The Hall–Kier alpha value is -3.45. The van der Waals surface area contributed by atoms with Crippen molar-refractivity contribution in [2.24, 2.45) is 0 Å². The van der Waals surface area contributed by atoms with Crippen molar-refractivity contribution in [3.05, 3.63) is 88.5 Å². The van der Waals surface area contributed by atoms with E-state index in [0.717, 1.165) is 37.2 Å². The number of benzene rings is 3. The van der Waals surface area contributed by atoms with Gasteiger partial charge in [0.1, 0.15) is 23.4 Å². The minimum atomic E-state index is -0.774. The molecule has 194 valence electrons. The number of phenols is 1. The van der Waals surface area contributed by atoms with Crippen LogP contribution in [0.5, 0.6) is 17.2 Å². The third-order valence-corrected chi connectivity index (χ3v) is 6.96. The van der Waals surface area contributed by atoms with Crippen molar-refractivity contribution in [3.8, 4) is 17.2 Å². The van der Waals surface area contributed by atoms with Crippen LogP contribution in [0.4, 0.5) is 13.2 Å². The lowest BCUT2D eigenvalue weighted by Gasteiger charge is -2.18. The van der Waals surface area contributed by atoms with E-state index in [0.29, 0.717) is 46.6 Å². The molecule has 0 spiro atoms. The van der Waals surface area contributed by atoms with Crippen LogP contribution in [0.1, 0.15) is 41.5 Å². The molecule has 1 saturated heterocycles. The zero-order chi connectivity index (χ0) is 25.9. The highest BCUT2D eigenvalue weighted by Crippen LogP contribution is 2.43. The highest BCUT2D eigenvalue weighted by atomic mass is 19.1. The van der Waals surface area contributed by atoms with E-state index in [4.69, 9.17) is 9.47 Å². The normalized spacial score (nSPS) is 17.9. The maximum atomic E-state index is 15.1. The minimum Gasteiger partial charge on any atom is -0.505 e. The van der Waals surface area contributed by atoms with E-state index in [2.05, 4.69) is 4.90 Å². The van der Waals surface area contributed by atoms with Crippen LogP contribution in [0.15, 0.2) is 54.6 Å². The number of hydrogen-bond donors (Lipinski definition) is 1. The number of hydrogen-bond acceptors (Lipinski definition) is 4. The maximum Gasteiger partial charge on any atom is 0.165 e. The van der Waals surface area contributed by atoms with E-state index < -0.39 is 11.6 Å². The standard InChI is InChI=1S/C30H30F3NO3/c1-19-3-8-23(26(32)15-19)24-10-14-36-29-17-28(35)27(33)16-25(29)30(24)20-4-6-21(7-5-20)37-22-9-13-34(18-22)12-2-11-31/h3-8,15-17,22,35H,2,9-14,18H2,1H3/t22-/m0/s1. The molecule has 5 rings (SSSR count). The number of rotatable bonds is 7. The summed E-state index contributed by atoms with van der Waals surface area (Å²) < 4.78 is 54.2. The first-order valence-electron chi connectivity index (χ1n) is 12.6. The van der Waals surface area contributed by atoms with Crippen molar-refractivity contribution in [2.75, 3.05) is 32.9 Å². The summed E-state index contributed by atoms with van der Waals surface area (Å²) in [7, 11) is 0. The second kappa shape index (κ2) is 10.9. The molecule has 7 heteroatoms. The van der Waals surface area contributed by atoms with Crippen molar-refractivity contribution < 1.29 is 27.8 Å². The molecule has 3 aromatic rings. The van der Waals surface area contributed by atoms with E-state index in [1.165, 1.54) is 18.2 Å². The molecule has 4 nitrogen and oxygen atoms in total. The van der Waals surface area contributed by atoms with Crippen LogP contribution in [0.2, 0.25) is 0 Å². The fourth-order valence-corrected chi connectivity index (χ4v) is 5.14. The van der Waals surface area contributed by atoms with Crippen molar-refractivity contribution in [1.82, 2.24) is 4.90 Å². The van der Waals surface area contributed by atoms with Crippen molar-refractivity contribution in [2.45, 2.75) is 32.3 Å². The summed E-state index contributed by atoms with van der Waals surface area (Å²) in [4.78, 5) is 2.21. The summed E-state index contributed by atoms with van der Waals surface area (Å²) >= 11 is 0. The summed E-state index contributed by atoms with van der Waals surface area (Å²) in [6, 6.07) is 15.1. The van der Waals surface area contributed by atoms with Crippen molar-refractivity contribution in [1.29, 1.82) is 0 Å². The SMILES string of the molecule is Cc1ccc(C2=C(c3ccc(O[C@H]4CCN(CCCF)C4)cc3)c3cc(F)c(O)cc3OCC2)c(F)c1. The third kappa shape index (κ3) is 5.47. The molecular formula is C30H30F3NO3. The van der Waals surface area contributed by atoms with Crippen molar-refractivity contribution in [3.63, 3.8) is 0 Å². The summed E-state index contributed by atoms with van der Waals surface area (Å²) in [6.45, 7) is 4.15. The van der Waals surface area contributed by atoms with Gasteiger partial charge in [0.25, 0.3) is 0 Å². The number of alkyl halides is 1. The molecule has 1 N–H and O–H groups in total. The topological polar surface area (TPSA) is 41.9 Å². The number of fused-ring (bicyclic) bond motifs is 1. The molecule has 0 unspecified atom stereocenters. The average molecular weight is 510 g/mol. The lowest BCUT2D eigenvalue weighted by Crippen LogP contribution is -2.26. The number of phenolic OH excluding ortho intramolecular Hbond substituents is 1. The molecule has 2 aliphatic rings. The molecule has 37 heavy (non-hydrogen) atoms. The molecule has 0 aromatic heterocycles. The predicted octanol–water partition coefficient (Wildman–Crippen LogP) is 6.53. The van der Waals surface area contributed by atoms with Gasteiger partial charge in [-0.05, 0) is 66.3 Å². The van der Waals surface area contributed by atoms with E-state index >= 15 is 4.39 Å². The first kappa shape index (κ1) is 25.2. The Bertz CT molecular complexity index is 1310. The molecule has 0 amide bonds. The third-order valence-electron chi connectivity index (χ3n) is 6.96. The molecule has 0 radical (unpaired) electrons. The molecule has 0 bridgehead atoms. The summed E-state index contributed by atoms with van der Waals surface area (Å²) in [5.74, 6) is -0.579. The van der Waals surface area contributed by atoms with Gasteiger partial charge in [-0.15, -0.1) is 0 Å². The fraction of sp³-hybridized carbons (Fsp3) is 0.333. The van der Waals surface area contributed by atoms with E-state index in [-0.39, 0.29) is 25.2 Å². The summed E-state index contributed by atoms with van der Waals surface area (Å²) in [5.41, 5.74) is 3.81. The Morgan fingerprint density at radius 2 is 1.84 bits per heavy atom. The molecular weight excluding hydrogens is 479 g/mol. The van der Waals surface area contributed by atoms with Crippen molar-refractivity contribution >= 4 is 11.1 Å². The van der Waals surface area contributed by atoms with Crippen LogP contribution in [0.3, 0.4) is 0 Å². The number of nitrogens with zero attached hydrogens (tertiary/aromatic N) is 1. The predicted molar refractivity (Wildman–Crippen MR) is 138 cm³/mol. The summed E-state index contributed by atoms with van der Waals surface area (Å²) in [5, 5.41) is 9.95. The summed E-state index contributed by atoms with van der Waals surface area (Å²) in [6.07, 6.45) is 1.85. The van der Waals surface area contributed by atoms with Gasteiger partial charge < -0.3 is 14.6 Å². The number of likely N-dealkylation sites (tertiary alicyclic amines) is 1. The first-order chi connectivity index (χ1) is 17.9. The van der Waals surface area contributed by atoms with Gasteiger partial charge in [0, 0.05) is 43.2 Å². The Balaban J connectivity index is 1.51. The molecule has 1 atom stereocenters. The van der Waals surface area contributed by atoms with Crippen LogP contribution in [0, 0.1) is 18.6 Å². The van der Waals surface area contributed by atoms with Crippen LogP contribution in [-0.4, -0.2) is 49.0 Å². The number of aromatic hydroxyl groups is 1. The number of aryl methyl sites for hydroxylation is 1. The zero-order valence-electron chi connectivity index (χ0n) is 20.8. The second-order valence-electron chi connectivity index (χ2n) is 9.63. The average Bonchev–Trinajstić information content (AvgIpc) is 3.25. The molecule has 0 saturated carbocycles. The van der Waals surface area contributed by atoms with Gasteiger partial charge in [0.15, 0.2) is 11.6 Å². The number of halogens is 3. The molecule has 3 aromatic carbocycles. The Morgan fingerprint density at radius 3 is 2.59 bits per heavy atom. The van der Waals surface area contributed by atoms with Gasteiger partial charge in [-0.25, -0.2) is 8.78 Å². The van der Waals surface area contributed by atoms with E-state index in [1.54, 1.807) is 6.07 Å². The minimum absolute atomic E-state index is 0.0333. The smallest absolute Gasteiger partial charge is 0.165 e. The Labute approximate surface area is 215 Å². The van der Waals surface area contributed by atoms with E-state index in [1.807, 2.05) is 37.3 Å². The van der Waals surface area contributed by atoms with Crippen LogP contribution >= 0.6 is 0 Å². The van der Waals surface area contributed by atoms with Gasteiger partial charge in [-0.1, -0.05) is 24.3 Å². The van der Waals surface area contributed by atoms with Gasteiger partial charge in [0.05, 0.1) is 13.3 Å². The monoisotopic (exact) mass is 509 g/mol. The maximum absolute atomic E-state index is 15.1. The van der Waals surface area contributed by atoms with Gasteiger partial charge >= 0.3 is 0 Å². The van der Waals surface area contributed by atoms with Gasteiger partial charge in [0.2, 0.25) is 0 Å². The Morgan fingerprint density at radius 1 is 1.03 bits per heavy atom. The molecule has 2 aliphatic heterocycles. The zero-order valence-corrected chi connectivity index (χ0v) is 20.8. The van der Waals surface area contributed by atoms with Crippen LogP contribution in [0.25, 0.3) is 11.1 Å². The van der Waals surface area contributed by atoms with Gasteiger partial charge in [-0.2, -0.15) is 0 Å². The van der Waals surface area contributed by atoms with Crippen LogP contribution in [-0.2, 0) is 0 Å². The largest absolute Gasteiger partial charge is 0.505 e. The highest BCUT2D eigenvalue weighted by molar-refractivity contribution is 6.00. The second-order valence-corrected chi connectivity index (χ2v) is 9.63. The lowest BCUT2D eigenvalue weighted by atomic mass is 9.87. The quantitative estimate of drug-likeness (QED) is 0.393. The molecule has 0 aliphatic carbocycles.